The van der Waals surface area contributed by atoms with Gasteiger partial charge in [-0.3, -0.25) is 9.59 Å². The fourth-order valence-corrected chi connectivity index (χ4v) is 5.91. The van der Waals surface area contributed by atoms with E-state index in [0.717, 1.165) is 22.6 Å². The Kier molecular flexibility index (Phi) is 5.56. The second-order valence-electron chi connectivity index (χ2n) is 9.87. The number of alkyl halides is 3. The molecule has 2 aromatic carbocycles. The normalized spacial score (nSPS) is 30.3. The molecular weight excluding hydrogens is 491 g/mol. The number of halogens is 3. The monoisotopic (exact) mass is 513 g/mol. The van der Waals surface area contributed by atoms with Gasteiger partial charge in [0, 0.05) is 6.42 Å². The van der Waals surface area contributed by atoms with E-state index in [0.29, 0.717) is 6.07 Å². The first-order valence-electron chi connectivity index (χ1n) is 11.6. The first-order chi connectivity index (χ1) is 17.4. The van der Waals surface area contributed by atoms with Crippen LogP contribution in [0.25, 0.3) is 0 Å². The lowest BCUT2D eigenvalue weighted by Gasteiger charge is -2.35. The molecule has 0 saturated carbocycles. The molecule has 1 N–H and O–H groups in total. The van der Waals surface area contributed by atoms with Gasteiger partial charge in [-0.1, -0.05) is 30.3 Å². The molecule has 2 aromatic rings. The maximum Gasteiger partial charge on any atom is 0.417 e. The zero-order valence-corrected chi connectivity index (χ0v) is 19.8. The summed E-state index contributed by atoms with van der Waals surface area (Å²) in [6.45, 7) is 3.30. The van der Waals surface area contributed by atoms with Crippen molar-refractivity contribution in [2.75, 3.05) is 4.90 Å². The first-order valence-corrected chi connectivity index (χ1v) is 11.6. The van der Waals surface area contributed by atoms with Crippen LogP contribution >= 0.6 is 0 Å². The van der Waals surface area contributed by atoms with E-state index in [9.17, 15) is 27.6 Å². The molecule has 37 heavy (non-hydrogen) atoms. The van der Waals surface area contributed by atoms with Gasteiger partial charge in [-0.15, -0.1) is 0 Å². The van der Waals surface area contributed by atoms with Gasteiger partial charge in [0.25, 0.3) is 0 Å². The van der Waals surface area contributed by atoms with E-state index in [1.54, 1.807) is 26.0 Å². The highest BCUT2D eigenvalue weighted by molar-refractivity contribution is 6.23. The third-order valence-electron chi connectivity index (χ3n) is 7.53. The summed E-state index contributed by atoms with van der Waals surface area (Å²) in [6, 6.07) is 12.6. The number of anilines is 1. The van der Waals surface area contributed by atoms with Crippen LogP contribution in [0, 0.1) is 23.2 Å². The molecule has 0 aromatic heterocycles. The molecule has 192 valence electrons. The lowest BCUT2D eigenvalue weighted by molar-refractivity contribution is -0.138. The molecule has 11 heteroatoms. The average Bonchev–Trinajstić information content (AvgIpc) is 3.37. The molecule has 5 rings (SSSR count). The Morgan fingerprint density at radius 1 is 1.16 bits per heavy atom. The van der Waals surface area contributed by atoms with E-state index in [1.807, 2.05) is 18.2 Å². The molecule has 8 nitrogen and oxygen atoms in total. The zero-order valence-electron chi connectivity index (χ0n) is 19.8. The zero-order chi connectivity index (χ0) is 26.8. The van der Waals surface area contributed by atoms with Crippen LogP contribution in [0.15, 0.2) is 48.5 Å². The van der Waals surface area contributed by atoms with Crippen molar-refractivity contribution in [2.24, 2.45) is 11.8 Å². The van der Waals surface area contributed by atoms with Gasteiger partial charge in [0.05, 0.1) is 52.0 Å². The van der Waals surface area contributed by atoms with E-state index in [4.69, 9.17) is 14.7 Å². The number of nitrogens with one attached hydrogen (secondary N) is 1. The number of nitriles is 1. The van der Waals surface area contributed by atoms with Crippen molar-refractivity contribution in [3.8, 4) is 6.07 Å². The van der Waals surface area contributed by atoms with Crippen LogP contribution in [0.1, 0.15) is 37.0 Å². The fourth-order valence-electron chi connectivity index (χ4n) is 5.91. The molecule has 0 spiro atoms. The highest BCUT2D eigenvalue weighted by Crippen LogP contribution is 2.61. The van der Waals surface area contributed by atoms with E-state index < -0.39 is 64.3 Å². The van der Waals surface area contributed by atoms with Crippen LogP contribution in [0.5, 0.6) is 0 Å². The van der Waals surface area contributed by atoms with Crippen LogP contribution in [-0.2, 0) is 31.8 Å². The maximum atomic E-state index is 13.5. The van der Waals surface area contributed by atoms with Crippen LogP contribution in [0.2, 0.25) is 0 Å². The Hall–Kier alpha value is -3.91. The van der Waals surface area contributed by atoms with E-state index in [-0.39, 0.29) is 18.7 Å². The van der Waals surface area contributed by atoms with Gasteiger partial charge in [0.15, 0.2) is 0 Å². The molecule has 3 heterocycles. The molecule has 3 aliphatic heterocycles. The summed E-state index contributed by atoms with van der Waals surface area (Å²) in [7, 11) is 0. The van der Waals surface area contributed by atoms with Crippen molar-refractivity contribution < 1.29 is 37.0 Å². The molecule has 3 aliphatic rings. The molecular formula is C26H22F3N3O5. The molecule has 2 unspecified atom stereocenters. The average molecular weight is 513 g/mol. The van der Waals surface area contributed by atoms with E-state index in [1.165, 1.54) is 6.07 Å². The van der Waals surface area contributed by atoms with Crippen molar-refractivity contribution in [3.05, 3.63) is 65.2 Å². The maximum absolute atomic E-state index is 13.5. The van der Waals surface area contributed by atoms with Crippen LogP contribution in [-0.4, -0.2) is 35.2 Å². The number of fused-ring (bicyclic) bond motifs is 5. The Balaban J connectivity index is 1.39. The number of carbonyl (C=O) groups excluding carboxylic acids is 3. The van der Waals surface area contributed by atoms with Crippen molar-refractivity contribution >= 4 is 23.6 Å². The minimum Gasteiger partial charge on any atom is -0.445 e. The minimum absolute atomic E-state index is 0.0334. The lowest BCUT2D eigenvalue weighted by Crippen LogP contribution is -2.56. The van der Waals surface area contributed by atoms with Crippen LogP contribution in [0.3, 0.4) is 0 Å². The van der Waals surface area contributed by atoms with Gasteiger partial charge in [0.1, 0.15) is 6.61 Å². The highest BCUT2D eigenvalue weighted by Gasteiger charge is 2.76. The Morgan fingerprint density at radius 3 is 2.49 bits per heavy atom. The summed E-state index contributed by atoms with van der Waals surface area (Å²) >= 11 is 0. The molecule has 3 saturated heterocycles. The molecule has 5 atom stereocenters. The molecule has 0 radical (unpaired) electrons. The van der Waals surface area contributed by atoms with Gasteiger partial charge >= 0.3 is 12.3 Å². The van der Waals surface area contributed by atoms with Gasteiger partial charge in [-0.05, 0) is 37.6 Å². The van der Waals surface area contributed by atoms with E-state index in [2.05, 4.69) is 5.32 Å². The quantitative estimate of drug-likeness (QED) is 0.621. The summed E-state index contributed by atoms with van der Waals surface area (Å²) in [5.74, 6) is -3.36. The number of hydrogen-bond acceptors (Lipinski definition) is 6. The van der Waals surface area contributed by atoms with Gasteiger partial charge in [-0.2, -0.15) is 18.4 Å². The number of ether oxygens (including phenoxy) is 2. The summed E-state index contributed by atoms with van der Waals surface area (Å²) in [5, 5.41) is 11.8. The summed E-state index contributed by atoms with van der Waals surface area (Å²) < 4.78 is 52.0. The largest absolute Gasteiger partial charge is 0.445 e. The first kappa shape index (κ1) is 24.8. The number of imide groups is 1. The lowest BCUT2D eigenvalue weighted by atomic mass is 9.66. The number of carbonyl (C=O) groups is 3. The third kappa shape index (κ3) is 3.83. The second-order valence-corrected chi connectivity index (χ2v) is 9.87. The highest BCUT2D eigenvalue weighted by atomic mass is 19.4. The topological polar surface area (TPSA) is 109 Å². The molecule has 2 bridgehead atoms. The predicted octanol–water partition coefficient (Wildman–Crippen LogP) is 3.93. The second kappa shape index (κ2) is 8.31. The van der Waals surface area contributed by atoms with Crippen molar-refractivity contribution in [2.45, 2.75) is 50.3 Å². The Bertz CT molecular complexity index is 1340. The standard InChI is InChI=1S/C26H22F3N3O5/c1-24-11-18(31-23(35)36-13-14-6-4-3-5-7-14)25(2,37-24)20-19(24)21(33)32(22(20)34)16-9-8-15(12-30)17(10-16)26(27,28)29/h3-10,18-20H,11,13H2,1-2H3,(H,31,35)/t18-,19-,20+,24?,25?/m1/s1. The molecule has 0 aliphatic carbocycles. The van der Waals surface area contributed by atoms with E-state index >= 15 is 0 Å². The number of amides is 3. The SMILES string of the molecule is CC12C[C@@H](NC(=O)OCc3ccccc3)C(C)(O1)[C@@H]1C(=O)N(c3ccc(C#N)c(C(F)(F)F)c3)C(=O)[C@@H]12. The Morgan fingerprint density at radius 2 is 1.84 bits per heavy atom. The summed E-state index contributed by atoms with van der Waals surface area (Å²) in [6.07, 6.45) is -5.36. The van der Waals surface area contributed by atoms with Crippen molar-refractivity contribution in [1.82, 2.24) is 5.32 Å². The smallest absolute Gasteiger partial charge is 0.417 e. The minimum atomic E-state index is -4.85. The van der Waals surface area contributed by atoms with Gasteiger partial charge < -0.3 is 14.8 Å². The van der Waals surface area contributed by atoms with Crippen LogP contribution < -0.4 is 10.2 Å². The molecule has 3 amide bonds. The number of rotatable bonds is 4. The van der Waals surface area contributed by atoms with Crippen molar-refractivity contribution in [1.29, 1.82) is 5.26 Å². The predicted molar refractivity (Wildman–Crippen MR) is 122 cm³/mol. The number of benzene rings is 2. The molecule has 3 fully saturated rings. The van der Waals surface area contributed by atoms with Crippen LogP contribution in [0.4, 0.5) is 23.7 Å². The van der Waals surface area contributed by atoms with Gasteiger partial charge in [0.2, 0.25) is 11.8 Å². The van der Waals surface area contributed by atoms with Crippen molar-refractivity contribution in [3.63, 3.8) is 0 Å². The third-order valence-corrected chi connectivity index (χ3v) is 7.53. The fraction of sp³-hybridized carbons (Fsp3) is 0.385. The Labute approximate surface area is 209 Å². The van der Waals surface area contributed by atoms with Gasteiger partial charge in [-0.25, -0.2) is 9.69 Å². The summed E-state index contributed by atoms with van der Waals surface area (Å²) in [4.78, 5) is 40.2. The number of hydrogen-bond donors (Lipinski definition) is 1. The number of nitrogens with zero attached hydrogens (tertiary/aromatic N) is 2. The summed E-state index contributed by atoms with van der Waals surface area (Å²) in [5.41, 5.74) is -3.75. The number of alkyl carbamates (subject to hydrolysis) is 1.